The van der Waals surface area contributed by atoms with Gasteiger partial charge in [-0.1, -0.05) is 13.8 Å². The quantitative estimate of drug-likeness (QED) is 0.622. The number of benzene rings is 1. The second kappa shape index (κ2) is 5.89. The molecule has 0 amide bonds. The van der Waals surface area contributed by atoms with E-state index in [2.05, 4.69) is 4.72 Å². The zero-order valence-electron chi connectivity index (χ0n) is 10.5. The van der Waals surface area contributed by atoms with Crippen LogP contribution in [0.1, 0.15) is 13.8 Å². The Morgan fingerprint density at radius 1 is 1.32 bits per heavy atom. The van der Waals surface area contributed by atoms with Gasteiger partial charge in [0.1, 0.15) is 5.78 Å². The number of nitrogens with one attached hydrogen (secondary N) is 1. The van der Waals surface area contributed by atoms with Gasteiger partial charge in [-0.25, -0.2) is 13.1 Å². The van der Waals surface area contributed by atoms with Gasteiger partial charge in [0.2, 0.25) is 10.0 Å². The summed E-state index contributed by atoms with van der Waals surface area (Å²) < 4.78 is 25.8. The molecule has 7 nitrogen and oxygen atoms in total. The minimum Gasteiger partial charge on any atom is -0.298 e. The Labute approximate surface area is 110 Å². The number of non-ortho nitro benzene ring substituents is 1. The minimum absolute atomic E-state index is 0.116. The number of nitro benzene ring substituents is 1. The summed E-state index contributed by atoms with van der Waals surface area (Å²) in [5.41, 5.74) is -0.197. The van der Waals surface area contributed by atoms with Gasteiger partial charge >= 0.3 is 0 Å². The van der Waals surface area contributed by atoms with Crippen LogP contribution in [-0.4, -0.2) is 25.7 Å². The lowest BCUT2D eigenvalue weighted by Gasteiger charge is -2.07. The van der Waals surface area contributed by atoms with Crippen LogP contribution < -0.4 is 4.72 Å². The molecule has 0 saturated heterocycles. The minimum atomic E-state index is -3.82. The van der Waals surface area contributed by atoms with Crippen LogP contribution in [0.25, 0.3) is 0 Å². The molecule has 8 heteroatoms. The average Bonchev–Trinajstić information content (AvgIpc) is 2.36. The summed E-state index contributed by atoms with van der Waals surface area (Å²) in [4.78, 5) is 21.1. The van der Waals surface area contributed by atoms with Crippen molar-refractivity contribution in [2.75, 3.05) is 6.54 Å². The van der Waals surface area contributed by atoms with Crippen LogP contribution in [0, 0.1) is 16.0 Å². The Morgan fingerprint density at radius 3 is 2.26 bits per heavy atom. The first-order chi connectivity index (χ1) is 8.74. The van der Waals surface area contributed by atoms with Gasteiger partial charge in [-0.05, 0) is 12.1 Å². The normalized spacial score (nSPS) is 11.5. The van der Waals surface area contributed by atoms with Crippen molar-refractivity contribution in [3.8, 4) is 0 Å². The molecule has 104 valence electrons. The lowest BCUT2D eigenvalue weighted by atomic mass is 10.1. The van der Waals surface area contributed by atoms with E-state index in [0.29, 0.717) is 0 Å². The average molecular weight is 286 g/mol. The number of nitrogens with zero attached hydrogens (tertiary/aromatic N) is 1. The summed E-state index contributed by atoms with van der Waals surface area (Å²) in [5.74, 6) is -0.495. The van der Waals surface area contributed by atoms with Crippen LogP contribution in [-0.2, 0) is 14.8 Å². The highest BCUT2D eigenvalue weighted by Gasteiger charge is 2.17. The fourth-order valence-corrected chi connectivity index (χ4v) is 2.19. The van der Waals surface area contributed by atoms with Gasteiger partial charge in [-0.15, -0.1) is 0 Å². The van der Waals surface area contributed by atoms with E-state index in [4.69, 9.17) is 0 Å². The lowest BCUT2D eigenvalue weighted by molar-refractivity contribution is -0.384. The third-order valence-corrected chi connectivity index (χ3v) is 3.86. The fraction of sp³-hybridized carbons (Fsp3) is 0.364. The number of carbonyl (C=O) groups excluding carboxylic acids is 1. The molecule has 0 fully saturated rings. The molecule has 1 rings (SSSR count). The second-order valence-corrected chi connectivity index (χ2v) is 5.96. The van der Waals surface area contributed by atoms with Crippen molar-refractivity contribution in [2.24, 2.45) is 5.92 Å². The monoisotopic (exact) mass is 286 g/mol. The van der Waals surface area contributed by atoms with Crippen molar-refractivity contribution in [2.45, 2.75) is 18.7 Å². The van der Waals surface area contributed by atoms with Crippen LogP contribution in [0.2, 0.25) is 0 Å². The van der Waals surface area contributed by atoms with Crippen LogP contribution >= 0.6 is 0 Å². The lowest BCUT2D eigenvalue weighted by Crippen LogP contribution is -2.31. The summed E-state index contributed by atoms with van der Waals surface area (Å²) in [5, 5.41) is 10.4. The van der Waals surface area contributed by atoms with Crippen LogP contribution in [0.3, 0.4) is 0 Å². The number of hydrogen-bond donors (Lipinski definition) is 1. The van der Waals surface area contributed by atoms with Gasteiger partial charge in [0.15, 0.2) is 0 Å². The second-order valence-electron chi connectivity index (χ2n) is 4.20. The number of carbonyl (C=O) groups is 1. The van der Waals surface area contributed by atoms with Crippen molar-refractivity contribution >= 4 is 21.5 Å². The highest BCUT2D eigenvalue weighted by Crippen LogP contribution is 2.15. The number of sulfonamides is 1. The molecule has 19 heavy (non-hydrogen) atoms. The summed E-state index contributed by atoms with van der Waals surface area (Å²) >= 11 is 0. The highest BCUT2D eigenvalue weighted by molar-refractivity contribution is 7.89. The van der Waals surface area contributed by atoms with Crippen molar-refractivity contribution in [1.82, 2.24) is 4.72 Å². The molecule has 0 aliphatic carbocycles. The topological polar surface area (TPSA) is 106 Å². The maximum atomic E-state index is 11.8. The van der Waals surface area contributed by atoms with Gasteiger partial charge in [0, 0.05) is 18.1 Å². The van der Waals surface area contributed by atoms with E-state index in [1.54, 1.807) is 13.8 Å². The number of ketones is 1. The molecule has 1 N–H and O–H groups in total. The molecule has 0 bridgehead atoms. The Bertz CT molecular complexity index is 578. The molecular formula is C11H14N2O5S. The maximum absolute atomic E-state index is 11.8. The Kier molecular flexibility index (Phi) is 4.73. The third-order valence-electron chi connectivity index (χ3n) is 2.44. The van der Waals surface area contributed by atoms with Crippen LogP contribution in [0.15, 0.2) is 29.2 Å². The molecule has 0 heterocycles. The predicted octanol–water partition coefficient (Wildman–Crippen LogP) is 1.10. The first-order valence-electron chi connectivity index (χ1n) is 5.51. The number of Topliss-reactive ketones (excluding diaryl/α,β-unsaturated/α-hetero) is 1. The molecule has 0 atom stereocenters. The summed E-state index contributed by atoms with van der Waals surface area (Å²) in [6.07, 6.45) is 0. The molecule has 0 saturated carbocycles. The fourth-order valence-electron chi connectivity index (χ4n) is 1.20. The van der Waals surface area contributed by atoms with Crippen molar-refractivity contribution < 1.29 is 18.1 Å². The first kappa shape index (κ1) is 15.3. The maximum Gasteiger partial charge on any atom is 0.269 e. The van der Waals surface area contributed by atoms with Crippen molar-refractivity contribution in [3.05, 3.63) is 34.4 Å². The summed E-state index contributed by atoms with van der Waals surface area (Å²) in [6, 6.07) is 4.44. The van der Waals surface area contributed by atoms with Gasteiger partial charge in [-0.3, -0.25) is 14.9 Å². The Balaban J connectivity index is 2.83. The number of rotatable bonds is 6. The predicted molar refractivity (Wildman–Crippen MR) is 68.1 cm³/mol. The van der Waals surface area contributed by atoms with E-state index in [1.807, 2.05) is 0 Å². The largest absolute Gasteiger partial charge is 0.298 e. The van der Waals surface area contributed by atoms with Crippen molar-refractivity contribution in [1.29, 1.82) is 0 Å². The summed E-state index contributed by atoms with van der Waals surface area (Å²) in [7, 11) is -3.82. The van der Waals surface area contributed by atoms with E-state index < -0.39 is 14.9 Å². The molecule has 1 aromatic rings. The number of nitro groups is 1. The smallest absolute Gasteiger partial charge is 0.269 e. The summed E-state index contributed by atoms with van der Waals surface area (Å²) in [6.45, 7) is 3.04. The molecule has 1 aromatic carbocycles. The zero-order chi connectivity index (χ0) is 14.6. The molecular weight excluding hydrogens is 272 g/mol. The van der Waals surface area contributed by atoms with Gasteiger partial charge in [-0.2, -0.15) is 0 Å². The molecule has 0 aliphatic heterocycles. The van der Waals surface area contributed by atoms with E-state index in [-0.39, 0.29) is 28.8 Å². The van der Waals surface area contributed by atoms with Gasteiger partial charge in [0.25, 0.3) is 5.69 Å². The standard InChI is InChI=1S/C11H14N2O5S/c1-8(2)11(14)7-12-19(17,18)10-5-3-9(4-6-10)13(15)16/h3-6,8,12H,7H2,1-2H3. The Hall–Kier alpha value is -1.80. The van der Waals surface area contributed by atoms with Crippen molar-refractivity contribution in [3.63, 3.8) is 0 Å². The van der Waals surface area contributed by atoms with Crippen LogP contribution in [0.4, 0.5) is 5.69 Å². The molecule has 0 spiro atoms. The molecule has 0 radical (unpaired) electrons. The highest BCUT2D eigenvalue weighted by atomic mass is 32.2. The van der Waals surface area contributed by atoms with Gasteiger partial charge in [0.05, 0.1) is 16.4 Å². The van der Waals surface area contributed by atoms with E-state index in [1.165, 1.54) is 0 Å². The van der Waals surface area contributed by atoms with E-state index in [9.17, 15) is 23.3 Å². The van der Waals surface area contributed by atoms with E-state index in [0.717, 1.165) is 24.3 Å². The third kappa shape index (κ3) is 4.11. The molecule has 0 aromatic heterocycles. The van der Waals surface area contributed by atoms with E-state index >= 15 is 0 Å². The number of hydrogen-bond acceptors (Lipinski definition) is 5. The SMILES string of the molecule is CC(C)C(=O)CNS(=O)(=O)c1ccc([N+](=O)[O-])cc1. The zero-order valence-corrected chi connectivity index (χ0v) is 11.3. The first-order valence-corrected chi connectivity index (χ1v) is 6.99. The van der Waals surface area contributed by atoms with Crippen LogP contribution in [0.5, 0.6) is 0 Å². The Morgan fingerprint density at radius 2 is 1.84 bits per heavy atom. The van der Waals surface area contributed by atoms with Gasteiger partial charge < -0.3 is 0 Å². The molecule has 0 aliphatic rings. The molecule has 0 unspecified atom stereocenters.